The molecule has 8 rings (SSSR count). The molecule has 0 amide bonds. The van der Waals surface area contributed by atoms with Crippen LogP contribution in [0, 0.1) is 0 Å². The molecule has 0 aliphatic heterocycles. The maximum absolute atomic E-state index is 12.9. The van der Waals surface area contributed by atoms with E-state index in [-0.39, 0.29) is 22.3 Å². The lowest BCUT2D eigenvalue weighted by atomic mass is 10.0. The third kappa shape index (κ3) is 12.7. The number of hydrogen-bond donors (Lipinski definition) is 11. The van der Waals surface area contributed by atoms with E-state index in [1.54, 1.807) is 0 Å². The number of anilines is 1. The Morgan fingerprint density at radius 2 is 0.674 bits per heavy atom. The highest BCUT2D eigenvalue weighted by Gasteiger charge is 2.31. The zero-order valence-electron chi connectivity index (χ0n) is 42.2. The number of phenols is 3. The first kappa shape index (κ1) is 63.1. The maximum atomic E-state index is 12.9. The maximum Gasteiger partial charge on any atom is 0.296 e. The van der Waals surface area contributed by atoms with Gasteiger partial charge in [-0.2, -0.15) is 64.0 Å². The van der Waals surface area contributed by atoms with Crippen LogP contribution in [0.2, 0.25) is 0 Å². The minimum Gasteiger partial charge on any atom is -0.505 e. The van der Waals surface area contributed by atoms with E-state index in [1.165, 1.54) is 13.2 Å². The number of nitrogen functional groups attached to an aromatic ring is 1. The molecule has 0 aromatic heterocycles. The van der Waals surface area contributed by atoms with Gasteiger partial charge in [0, 0.05) is 22.9 Å². The van der Waals surface area contributed by atoms with Crippen molar-refractivity contribution >= 4 is 154 Å². The lowest BCUT2D eigenvalue weighted by Crippen LogP contribution is -2.04. The molecular formula is C44H33N9O26S7. The highest BCUT2D eigenvalue weighted by Crippen LogP contribution is 2.50. The molecule has 0 saturated carbocycles. The third-order valence-electron chi connectivity index (χ3n) is 11.8. The lowest BCUT2D eigenvalue weighted by Gasteiger charge is -2.14. The van der Waals surface area contributed by atoms with Gasteiger partial charge in [-0.25, -0.2) is 0 Å². The van der Waals surface area contributed by atoms with E-state index in [4.69, 9.17) is 15.2 Å². The second-order valence-corrected chi connectivity index (χ2v) is 26.9. The number of aromatic hydroxyl groups is 3. The molecule has 0 atom stereocenters. The Hall–Kier alpha value is -8.89. The number of hydrogen-bond acceptors (Lipinski definition) is 28. The number of methoxy groups -OCH3 is 2. The van der Waals surface area contributed by atoms with Crippen LogP contribution in [-0.4, -0.2) is 120 Å². The normalized spacial score (nSPS) is 13.4. The Balaban J connectivity index is 1.28. The fourth-order valence-electron chi connectivity index (χ4n) is 7.98. The smallest absolute Gasteiger partial charge is 0.296 e. The van der Waals surface area contributed by atoms with Crippen molar-refractivity contribution in [3.05, 3.63) is 91.0 Å². The Morgan fingerprint density at radius 3 is 1.10 bits per heavy atom. The molecule has 86 heavy (non-hydrogen) atoms. The Kier molecular flexibility index (Phi) is 16.3. The van der Waals surface area contributed by atoms with Gasteiger partial charge in [0.05, 0.1) is 31.0 Å². The summed E-state index contributed by atoms with van der Waals surface area (Å²) >= 11 is 0. The topological polar surface area (TPSA) is 585 Å². The first-order chi connectivity index (χ1) is 39.6. The molecule has 452 valence electrons. The average molecular weight is 1330 g/mol. The van der Waals surface area contributed by atoms with Crippen LogP contribution in [0.4, 0.5) is 51.2 Å². The Morgan fingerprint density at radius 1 is 0.337 bits per heavy atom. The van der Waals surface area contributed by atoms with Crippen LogP contribution in [0.3, 0.4) is 0 Å². The molecule has 0 bridgehead atoms. The predicted octanol–water partition coefficient (Wildman–Crippen LogP) is 8.25. The number of nitrogens with two attached hydrogens (primary N) is 1. The molecule has 0 radical (unpaired) electrons. The molecule has 0 heterocycles. The van der Waals surface area contributed by atoms with Gasteiger partial charge in [-0.05, 0) is 95.0 Å². The summed E-state index contributed by atoms with van der Waals surface area (Å²) in [6, 6.07) is 11.8. The lowest BCUT2D eigenvalue weighted by molar-refractivity contribution is 0.412. The number of benzene rings is 8. The number of ether oxygens (including phenoxy) is 2. The number of phenolic OH excluding ortho intramolecular Hbond substituents is 3. The molecule has 0 aliphatic rings. The van der Waals surface area contributed by atoms with Crippen molar-refractivity contribution in [2.75, 3.05) is 20.0 Å². The zero-order valence-corrected chi connectivity index (χ0v) is 47.9. The fraction of sp³-hybridized carbons (Fsp3) is 0.0455. The fourth-order valence-corrected chi connectivity index (χ4v) is 12.5. The standard InChI is InChI=1S/C44H33N9O26S7/c1-78-22-4-7-26(30(15-22)81(60,61)62)47-52-39-33(84(69,70)71)11-18-9-21(3-6-24(18)42(39)54)46-51-41-35(86(75,76)77)14-20-13-32(83(66,67)68)38(37(45)36(20)44(41)56)50-49-28-17-25-19(10-29(28)80(57,58)59)12-34(85(72,73)74)40(43(25)55)53-48-27-8-5-23(79-2)16-31(27)82(63,64)65/h3-17,54-56H,45H2,1-2H3,(H,57,58,59)(H,60,61,62)(H,63,64,65)(H,66,67,68)(H,69,70,71)(H,72,73,74)(H,75,76,77). The van der Waals surface area contributed by atoms with Crippen LogP contribution < -0.4 is 15.2 Å². The Bertz CT molecular complexity index is 5280. The van der Waals surface area contributed by atoms with Gasteiger partial charge in [0.2, 0.25) is 0 Å². The van der Waals surface area contributed by atoms with Crippen LogP contribution in [0.25, 0.3) is 32.3 Å². The summed E-state index contributed by atoms with van der Waals surface area (Å²) in [4.78, 5) is -8.35. The third-order valence-corrected chi connectivity index (χ3v) is 17.9. The summed E-state index contributed by atoms with van der Waals surface area (Å²) in [5, 5.41) is 59.9. The molecule has 8 aromatic rings. The molecule has 0 fully saturated rings. The highest BCUT2D eigenvalue weighted by molar-refractivity contribution is 7.87. The van der Waals surface area contributed by atoms with E-state index in [0.717, 1.165) is 55.6 Å². The van der Waals surface area contributed by atoms with Crippen molar-refractivity contribution in [2.24, 2.45) is 40.9 Å². The van der Waals surface area contributed by atoms with Crippen molar-refractivity contribution < 1.29 is 116 Å². The summed E-state index contributed by atoms with van der Waals surface area (Å²) in [6.45, 7) is 0. The molecule has 0 saturated heterocycles. The van der Waals surface area contributed by atoms with Crippen molar-refractivity contribution in [1.82, 2.24) is 0 Å². The minimum absolute atomic E-state index is 0.0688. The van der Waals surface area contributed by atoms with Gasteiger partial charge >= 0.3 is 0 Å². The van der Waals surface area contributed by atoms with Gasteiger partial charge in [0.25, 0.3) is 70.8 Å². The molecule has 8 aromatic carbocycles. The number of rotatable bonds is 17. The number of azo groups is 4. The molecular weight excluding hydrogens is 1290 g/mol. The number of nitrogens with zero attached hydrogens (tertiary/aromatic N) is 8. The zero-order chi connectivity index (χ0) is 63.8. The van der Waals surface area contributed by atoms with Crippen LogP contribution in [-0.2, 0) is 70.8 Å². The van der Waals surface area contributed by atoms with Crippen molar-refractivity contribution in [2.45, 2.75) is 34.3 Å². The SMILES string of the molecule is COc1ccc(N=Nc2c(S(=O)(=O)O)cc3cc(N=Nc4c(S(=O)(=O)O)cc5cc(S(=O)(=O)O)c(N=Nc6cc7c(O)c(N=Nc8ccc(OC)cc8S(=O)(=O)O)c(S(=O)(=O)O)cc7cc6S(=O)(=O)O)c(N)c5c4O)ccc3c2O)c(S(=O)(=O)O)c1. The molecule has 0 spiro atoms. The van der Waals surface area contributed by atoms with Crippen LogP contribution >= 0.6 is 0 Å². The predicted molar refractivity (Wildman–Crippen MR) is 293 cm³/mol. The minimum atomic E-state index is -5.64. The van der Waals surface area contributed by atoms with Gasteiger partial charge in [-0.1, -0.05) is 0 Å². The molecule has 0 unspecified atom stereocenters. The summed E-state index contributed by atoms with van der Waals surface area (Å²) < 4.78 is 257. The van der Waals surface area contributed by atoms with Crippen LogP contribution in [0.1, 0.15) is 0 Å². The first-order valence-electron chi connectivity index (χ1n) is 22.2. The summed E-state index contributed by atoms with van der Waals surface area (Å²) in [5.74, 6) is -3.91. The summed E-state index contributed by atoms with van der Waals surface area (Å²) in [6.07, 6.45) is 0. The average Bonchev–Trinajstić information content (AvgIpc) is 0.968. The van der Waals surface area contributed by atoms with Crippen molar-refractivity contribution in [3.63, 3.8) is 0 Å². The molecule has 42 heteroatoms. The second kappa shape index (κ2) is 22.2. The van der Waals surface area contributed by atoms with E-state index in [1.807, 2.05) is 0 Å². The van der Waals surface area contributed by atoms with Crippen molar-refractivity contribution in [1.29, 1.82) is 0 Å². The quantitative estimate of drug-likeness (QED) is 0.0232. The molecule has 0 aliphatic carbocycles. The Labute approximate surface area is 482 Å². The molecule has 12 N–H and O–H groups in total. The second-order valence-electron chi connectivity index (χ2n) is 17.2. The van der Waals surface area contributed by atoms with Gasteiger partial charge in [0.1, 0.15) is 85.6 Å². The van der Waals surface area contributed by atoms with E-state index in [2.05, 4.69) is 40.9 Å². The highest BCUT2D eigenvalue weighted by atomic mass is 32.2. The van der Waals surface area contributed by atoms with E-state index < -0.39 is 195 Å². The van der Waals surface area contributed by atoms with Gasteiger partial charge < -0.3 is 30.5 Å². The number of fused-ring (bicyclic) bond motifs is 3. The summed E-state index contributed by atoms with van der Waals surface area (Å²) in [7, 11) is -35.5. The van der Waals surface area contributed by atoms with Gasteiger partial charge in [-0.15, -0.1) is 35.8 Å². The van der Waals surface area contributed by atoms with Crippen LogP contribution in [0.5, 0.6) is 28.7 Å². The van der Waals surface area contributed by atoms with Crippen LogP contribution in [0.15, 0.2) is 166 Å². The molecule has 35 nitrogen and oxygen atoms in total. The van der Waals surface area contributed by atoms with E-state index in [0.29, 0.717) is 36.4 Å². The summed E-state index contributed by atoms with van der Waals surface area (Å²) in [5.41, 5.74) is -2.16. The monoisotopic (exact) mass is 1330 g/mol. The first-order valence-corrected chi connectivity index (χ1v) is 32.3. The van der Waals surface area contributed by atoms with Gasteiger partial charge in [-0.3, -0.25) is 31.9 Å². The van der Waals surface area contributed by atoms with E-state index in [9.17, 15) is 106 Å². The van der Waals surface area contributed by atoms with Gasteiger partial charge in [0.15, 0.2) is 17.2 Å². The van der Waals surface area contributed by atoms with E-state index >= 15 is 0 Å². The van der Waals surface area contributed by atoms with Crippen molar-refractivity contribution in [3.8, 4) is 28.7 Å². The largest absolute Gasteiger partial charge is 0.505 e.